The SMILES string of the molecule is O=C(O)c1ccc(-c2ccc(-n3c(C4CCN(C(=O)C5CC5)C4)n[nH]c3=O)c(F)c2)cc1. The van der Waals surface area contributed by atoms with E-state index in [0.29, 0.717) is 36.5 Å². The normalized spacial score (nSPS) is 18.2. The van der Waals surface area contributed by atoms with Gasteiger partial charge in [-0.25, -0.2) is 23.6 Å². The molecule has 164 valence electrons. The number of amides is 1. The Kier molecular flexibility index (Phi) is 4.88. The Morgan fingerprint density at radius 3 is 2.44 bits per heavy atom. The summed E-state index contributed by atoms with van der Waals surface area (Å²) in [5.74, 6) is -1.09. The fourth-order valence-electron chi connectivity index (χ4n) is 4.25. The lowest BCUT2D eigenvalue weighted by Gasteiger charge is -2.16. The number of nitrogens with zero attached hydrogens (tertiary/aromatic N) is 3. The minimum atomic E-state index is -1.03. The molecule has 8 nitrogen and oxygen atoms in total. The van der Waals surface area contributed by atoms with Crippen molar-refractivity contribution in [2.45, 2.75) is 25.2 Å². The number of carbonyl (C=O) groups is 2. The van der Waals surface area contributed by atoms with Crippen LogP contribution in [0.2, 0.25) is 0 Å². The van der Waals surface area contributed by atoms with Gasteiger partial charge >= 0.3 is 11.7 Å². The van der Waals surface area contributed by atoms with Crippen LogP contribution < -0.4 is 5.69 Å². The molecule has 0 bridgehead atoms. The van der Waals surface area contributed by atoms with Gasteiger partial charge in [0, 0.05) is 24.9 Å². The highest BCUT2D eigenvalue weighted by molar-refractivity contribution is 5.88. The Balaban J connectivity index is 1.43. The first-order chi connectivity index (χ1) is 15.4. The molecule has 2 aromatic carbocycles. The second-order valence-electron chi connectivity index (χ2n) is 8.32. The molecular weight excluding hydrogens is 415 g/mol. The summed E-state index contributed by atoms with van der Waals surface area (Å²) in [6, 6.07) is 10.6. The fourth-order valence-corrected chi connectivity index (χ4v) is 4.25. The molecule has 0 spiro atoms. The Morgan fingerprint density at radius 1 is 1.06 bits per heavy atom. The number of benzene rings is 2. The third kappa shape index (κ3) is 3.59. The van der Waals surface area contributed by atoms with Gasteiger partial charge in [0.15, 0.2) is 0 Å². The number of likely N-dealkylation sites (tertiary alicyclic amines) is 1. The second kappa shape index (κ2) is 7.74. The zero-order chi connectivity index (χ0) is 22.4. The number of hydrogen-bond acceptors (Lipinski definition) is 4. The maximum Gasteiger partial charge on any atom is 0.348 e. The van der Waals surface area contributed by atoms with Crippen LogP contribution in [0.15, 0.2) is 47.3 Å². The van der Waals surface area contributed by atoms with Crippen molar-refractivity contribution in [3.63, 3.8) is 0 Å². The van der Waals surface area contributed by atoms with Crippen molar-refractivity contribution in [2.24, 2.45) is 5.92 Å². The number of hydrogen-bond donors (Lipinski definition) is 2. The third-order valence-electron chi connectivity index (χ3n) is 6.14. The second-order valence-corrected chi connectivity index (χ2v) is 8.32. The van der Waals surface area contributed by atoms with Gasteiger partial charge in [-0.05, 0) is 54.7 Å². The van der Waals surface area contributed by atoms with Gasteiger partial charge in [-0.15, -0.1) is 0 Å². The molecule has 3 aromatic rings. The Bertz CT molecular complexity index is 1260. The van der Waals surface area contributed by atoms with E-state index in [-0.39, 0.29) is 29.0 Å². The quantitative estimate of drug-likeness (QED) is 0.639. The maximum absolute atomic E-state index is 15.1. The molecular formula is C23H21FN4O4. The van der Waals surface area contributed by atoms with Crippen molar-refractivity contribution in [2.75, 3.05) is 13.1 Å². The van der Waals surface area contributed by atoms with Crippen molar-refractivity contribution in [3.05, 3.63) is 70.2 Å². The minimum Gasteiger partial charge on any atom is -0.478 e. The summed E-state index contributed by atoms with van der Waals surface area (Å²) >= 11 is 0. The Hall–Kier alpha value is -3.75. The summed E-state index contributed by atoms with van der Waals surface area (Å²) in [4.78, 5) is 37.7. The average Bonchev–Trinajstić information content (AvgIpc) is 3.41. The topological polar surface area (TPSA) is 108 Å². The molecule has 5 rings (SSSR count). The van der Waals surface area contributed by atoms with E-state index in [9.17, 15) is 14.4 Å². The van der Waals surface area contributed by atoms with Crippen LogP contribution in [0.5, 0.6) is 0 Å². The summed E-state index contributed by atoms with van der Waals surface area (Å²) in [5, 5.41) is 15.6. The molecule has 32 heavy (non-hydrogen) atoms. The first kappa shape index (κ1) is 20.2. The van der Waals surface area contributed by atoms with Crippen LogP contribution in [-0.4, -0.2) is 49.7 Å². The van der Waals surface area contributed by atoms with Crippen LogP contribution in [-0.2, 0) is 4.79 Å². The molecule has 1 aromatic heterocycles. The molecule has 9 heteroatoms. The molecule has 2 aliphatic rings. The van der Waals surface area contributed by atoms with E-state index in [0.717, 1.165) is 12.8 Å². The highest BCUT2D eigenvalue weighted by Crippen LogP contribution is 2.35. The molecule has 1 unspecified atom stereocenters. The number of carboxylic acids is 1. The number of aromatic amines is 1. The van der Waals surface area contributed by atoms with Crippen LogP contribution in [0.4, 0.5) is 4.39 Å². The van der Waals surface area contributed by atoms with Gasteiger partial charge in [0.25, 0.3) is 0 Å². The smallest absolute Gasteiger partial charge is 0.348 e. The van der Waals surface area contributed by atoms with Gasteiger partial charge < -0.3 is 10.0 Å². The molecule has 1 atom stereocenters. The summed E-state index contributed by atoms with van der Waals surface area (Å²) < 4.78 is 16.4. The zero-order valence-corrected chi connectivity index (χ0v) is 17.1. The minimum absolute atomic E-state index is 0.0802. The number of halogens is 1. The lowest BCUT2D eigenvalue weighted by atomic mass is 10.0. The standard InChI is InChI=1S/C23H21FN4O4/c24-18-11-16(13-1-5-15(6-2-13)22(30)31)7-8-19(18)28-20(25-26-23(28)32)17-9-10-27(12-17)21(29)14-3-4-14/h1-2,5-8,11,14,17H,3-4,9-10,12H2,(H,26,32)(H,30,31). The monoisotopic (exact) mass is 436 g/mol. The molecule has 1 aliphatic heterocycles. The molecule has 1 aliphatic carbocycles. The van der Waals surface area contributed by atoms with Crippen molar-refractivity contribution in [1.29, 1.82) is 0 Å². The van der Waals surface area contributed by atoms with Crippen LogP contribution >= 0.6 is 0 Å². The number of carbonyl (C=O) groups excluding carboxylic acids is 1. The number of nitrogens with one attached hydrogen (secondary N) is 1. The van der Waals surface area contributed by atoms with Gasteiger partial charge in [0.05, 0.1) is 11.3 Å². The van der Waals surface area contributed by atoms with E-state index in [4.69, 9.17) is 5.11 Å². The fraction of sp³-hybridized carbons (Fsp3) is 0.304. The van der Waals surface area contributed by atoms with E-state index in [1.165, 1.54) is 28.8 Å². The predicted octanol–water partition coefficient (Wildman–Crippen LogP) is 2.79. The molecule has 2 heterocycles. The number of H-pyrrole nitrogens is 1. The van der Waals surface area contributed by atoms with Gasteiger partial charge in [-0.2, -0.15) is 5.10 Å². The van der Waals surface area contributed by atoms with E-state index in [2.05, 4.69) is 10.2 Å². The van der Waals surface area contributed by atoms with Crippen molar-refractivity contribution in [1.82, 2.24) is 19.7 Å². The summed E-state index contributed by atoms with van der Waals surface area (Å²) in [7, 11) is 0. The van der Waals surface area contributed by atoms with Crippen LogP contribution in [0.3, 0.4) is 0 Å². The summed E-state index contributed by atoms with van der Waals surface area (Å²) in [6.07, 6.45) is 2.53. The average molecular weight is 436 g/mol. The van der Waals surface area contributed by atoms with E-state index in [1.54, 1.807) is 18.2 Å². The summed E-state index contributed by atoms with van der Waals surface area (Å²) in [6.45, 7) is 1.07. The van der Waals surface area contributed by atoms with Gasteiger partial charge in [-0.1, -0.05) is 18.2 Å². The zero-order valence-electron chi connectivity index (χ0n) is 17.1. The molecule has 2 fully saturated rings. The van der Waals surface area contributed by atoms with Crippen LogP contribution in [0.1, 0.15) is 41.4 Å². The first-order valence-electron chi connectivity index (χ1n) is 10.5. The highest BCUT2D eigenvalue weighted by atomic mass is 19.1. The van der Waals surface area contributed by atoms with Crippen LogP contribution in [0, 0.1) is 11.7 Å². The molecule has 0 radical (unpaired) electrons. The molecule has 1 amide bonds. The number of carboxylic acid groups (broad SMARTS) is 1. The number of aromatic carboxylic acids is 1. The van der Waals surface area contributed by atoms with Crippen molar-refractivity contribution in [3.8, 4) is 16.8 Å². The van der Waals surface area contributed by atoms with Gasteiger partial charge in [0.1, 0.15) is 11.6 Å². The third-order valence-corrected chi connectivity index (χ3v) is 6.14. The summed E-state index contributed by atoms with van der Waals surface area (Å²) in [5.41, 5.74) is 0.904. The number of rotatable bonds is 5. The van der Waals surface area contributed by atoms with E-state index in [1.807, 2.05) is 4.90 Å². The van der Waals surface area contributed by atoms with Crippen molar-refractivity contribution < 1.29 is 19.1 Å². The molecule has 2 N–H and O–H groups in total. The van der Waals surface area contributed by atoms with Crippen LogP contribution in [0.25, 0.3) is 16.8 Å². The Labute approximate surface area is 182 Å². The number of aromatic nitrogens is 3. The highest BCUT2D eigenvalue weighted by Gasteiger charge is 2.38. The van der Waals surface area contributed by atoms with Gasteiger partial charge in [0.2, 0.25) is 5.91 Å². The molecule has 1 saturated carbocycles. The van der Waals surface area contributed by atoms with E-state index < -0.39 is 17.5 Å². The Morgan fingerprint density at radius 2 is 1.78 bits per heavy atom. The van der Waals surface area contributed by atoms with Crippen molar-refractivity contribution >= 4 is 11.9 Å². The first-order valence-corrected chi connectivity index (χ1v) is 10.5. The van der Waals surface area contributed by atoms with E-state index >= 15 is 4.39 Å². The maximum atomic E-state index is 15.1. The lowest BCUT2D eigenvalue weighted by Crippen LogP contribution is -2.30. The lowest BCUT2D eigenvalue weighted by molar-refractivity contribution is -0.131. The molecule has 1 saturated heterocycles. The predicted molar refractivity (Wildman–Crippen MR) is 113 cm³/mol. The van der Waals surface area contributed by atoms with Gasteiger partial charge in [-0.3, -0.25) is 4.79 Å². The largest absolute Gasteiger partial charge is 0.478 e.